The number of anilines is 1. The van der Waals surface area contributed by atoms with Crippen LogP contribution in [0.15, 0.2) is 42.7 Å². The standard InChI is InChI=1S/C13H9ClN4S/c14-9-3-1-8(2-4-9)12-17-7-11(19-12)10-5-6-16-13(15)18-10/h1-7H,(H2,15,16,18). The summed E-state index contributed by atoms with van der Waals surface area (Å²) in [5.74, 6) is 0.263. The van der Waals surface area contributed by atoms with E-state index in [9.17, 15) is 0 Å². The molecule has 94 valence electrons. The van der Waals surface area contributed by atoms with Crippen LogP contribution in [0.1, 0.15) is 0 Å². The number of hydrogen-bond acceptors (Lipinski definition) is 5. The third-order valence-corrected chi connectivity index (χ3v) is 3.84. The molecule has 3 rings (SSSR count). The quantitative estimate of drug-likeness (QED) is 0.784. The Morgan fingerprint density at radius 2 is 1.84 bits per heavy atom. The summed E-state index contributed by atoms with van der Waals surface area (Å²) in [5.41, 5.74) is 7.39. The van der Waals surface area contributed by atoms with Gasteiger partial charge in [-0.05, 0) is 18.2 Å². The number of halogens is 1. The third-order valence-electron chi connectivity index (χ3n) is 2.52. The van der Waals surface area contributed by atoms with E-state index in [0.717, 1.165) is 21.1 Å². The maximum Gasteiger partial charge on any atom is 0.220 e. The summed E-state index contributed by atoms with van der Waals surface area (Å²) in [5, 5.41) is 1.63. The Labute approximate surface area is 118 Å². The Hall–Kier alpha value is -1.98. The molecule has 0 saturated heterocycles. The number of nitrogens with two attached hydrogens (primary N) is 1. The highest BCUT2D eigenvalue weighted by molar-refractivity contribution is 7.18. The molecular weight excluding hydrogens is 280 g/mol. The van der Waals surface area contributed by atoms with Gasteiger partial charge in [0.05, 0.1) is 10.6 Å². The van der Waals surface area contributed by atoms with E-state index in [0.29, 0.717) is 5.02 Å². The van der Waals surface area contributed by atoms with Crippen LogP contribution in [0.4, 0.5) is 5.95 Å². The lowest BCUT2D eigenvalue weighted by molar-refractivity contribution is 1.19. The molecule has 2 aromatic heterocycles. The monoisotopic (exact) mass is 288 g/mol. The minimum atomic E-state index is 0.263. The minimum absolute atomic E-state index is 0.263. The van der Waals surface area contributed by atoms with Crippen molar-refractivity contribution < 1.29 is 0 Å². The van der Waals surface area contributed by atoms with Gasteiger partial charge in [-0.25, -0.2) is 15.0 Å². The SMILES string of the molecule is Nc1nccc(-c2cnc(-c3ccc(Cl)cc3)s2)n1. The molecule has 2 heterocycles. The normalized spacial score (nSPS) is 10.6. The number of nitrogens with zero attached hydrogens (tertiary/aromatic N) is 3. The van der Waals surface area contributed by atoms with Crippen molar-refractivity contribution in [1.82, 2.24) is 15.0 Å². The van der Waals surface area contributed by atoms with Gasteiger partial charge in [0.1, 0.15) is 5.01 Å². The third kappa shape index (κ3) is 2.57. The fraction of sp³-hybridized carbons (Fsp3) is 0. The Balaban J connectivity index is 1.97. The van der Waals surface area contributed by atoms with Crippen LogP contribution in [0.5, 0.6) is 0 Å². The van der Waals surface area contributed by atoms with Crippen LogP contribution >= 0.6 is 22.9 Å². The predicted octanol–water partition coefficient (Wildman–Crippen LogP) is 3.50. The molecule has 0 amide bonds. The van der Waals surface area contributed by atoms with Gasteiger partial charge in [-0.15, -0.1) is 11.3 Å². The molecule has 0 unspecified atom stereocenters. The van der Waals surface area contributed by atoms with Crippen LogP contribution in [-0.4, -0.2) is 15.0 Å². The highest BCUT2D eigenvalue weighted by atomic mass is 35.5. The molecular formula is C13H9ClN4S. The van der Waals surface area contributed by atoms with E-state index in [1.165, 1.54) is 0 Å². The van der Waals surface area contributed by atoms with Gasteiger partial charge in [-0.1, -0.05) is 23.7 Å². The molecule has 0 fully saturated rings. The summed E-state index contributed by atoms with van der Waals surface area (Å²) in [7, 11) is 0. The number of nitrogen functional groups attached to an aromatic ring is 1. The zero-order chi connectivity index (χ0) is 13.2. The van der Waals surface area contributed by atoms with E-state index in [4.69, 9.17) is 17.3 Å². The lowest BCUT2D eigenvalue weighted by Crippen LogP contribution is -1.93. The summed E-state index contributed by atoms with van der Waals surface area (Å²) in [6, 6.07) is 9.40. The average Bonchev–Trinajstić information content (AvgIpc) is 2.89. The molecule has 0 bridgehead atoms. The summed E-state index contributed by atoms with van der Waals surface area (Å²) in [4.78, 5) is 13.4. The fourth-order valence-electron chi connectivity index (χ4n) is 1.63. The maximum atomic E-state index is 5.87. The molecule has 1 aromatic carbocycles. The Morgan fingerprint density at radius 1 is 1.05 bits per heavy atom. The van der Waals surface area contributed by atoms with Gasteiger partial charge in [-0.3, -0.25) is 0 Å². The Kier molecular flexibility index (Phi) is 3.15. The van der Waals surface area contributed by atoms with Crippen molar-refractivity contribution in [2.75, 3.05) is 5.73 Å². The van der Waals surface area contributed by atoms with Crippen molar-refractivity contribution in [3.05, 3.63) is 47.7 Å². The molecule has 0 atom stereocenters. The molecule has 0 radical (unpaired) electrons. The van der Waals surface area contributed by atoms with Crippen LogP contribution in [0, 0.1) is 0 Å². The smallest absolute Gasteiger partial charge is 0.220 e. The summed E-state index contributed by atoms with van der Waals surface area (Å²) >= 11 is 7.42. The van der Waals surface area contributed by atoms with Crippen molar-refractivity contribution >= 4 is 28.9 Å². The van der Waals surface area contributed by atoms with Gasteiger partial charge in [0.2, 0.25) is 5.95 Å². The van der Waals surface area contributed by atoms with E-state index in [2.05, 4.69) is 15.0 Å². The Bertz CT molecular complexity index is 709. The first-order valence-corrected chi connectivity index (χ1v) is 6.72. The second-order valence-corrected chi connectivity index (χ2v) is 5.30. The number of benzene rings is 1. The van der Waals surface area contributed by atoms with Crippen molar-refractivity contribution in [2.45, 2.75) is 0 Å². The zero-order valence-electron chi connectivity index (χ0n) is 9.75. The average molecular weight is 289 g/mol. The molecule has 0 saturated carbocycles. The molecule has 0 aliphatic carbocycles. The lowest BCUT2D eigenvalue weighted by atomic mass is 10.2. The van der Waals surface area contributed by atoms with Gasteiger partial charge in [-0.2, -0.15) is 0 Å². The highest BCUT2D eigenvalue weighted by Gasteiger charge is 2.08. The molecule has 2 N–H and O–H groups in total. The molecule has 3 aromatic rings. The van der Waals surface area contributed by atoms with Crippen molar-refractivity contribution in [3.63, 3.8) is 0 Å². The van der Waals surface area contributed by atoms with Crippen molar-refractivity contribution in [1.29, 1.82) is 0 Å². The van der Waals surface area contributed by atoms with E-state index >= 15 is 0 Å². The van der Waals surface area contributed by atoms with Gasteiger partial charge in [0.25, 0.3) is 0 Å². The summed E-state index contributed by atoms with van der Waals surface area (Å²) < 4.78 is 0. The van der Waals surface area contributed by atoms with Crippen LogP contribution in [0.2, 0.25) is 5.02 Å². The lowest BCUT2D eigenvalue weighted by Gasteiger charge is -1.97. The number of aromatic nitrogens is 3. The number of hydrogen-bond donors (Lipinski definition) is 1. The van der Waals surface area contributed by atoms with Crippen LogP contribution < -0.4 is 5.73 Å². The molecule has 0 aliphatic rings. The van der Waals surface area contributed by atoms with Gasteiger partial charge in [0.15, 0.2) is 0 Å². The van der Waals surface area contributed by atoms with E-state index in [1.807, 2.05) is 30.3 Å². The van der Waals surface area contributed by atoms with E-state index < -0.39 is 0 Å². The topological polar surface area (TPSA) is 64.7 Å². The van der Waals surface area contributed by atoms with Crippen molar-refractivity contribution in [3.8, 4) is 21.1 Å². The second-order valence-electron chi connectivity index (χ2n) is 3.84. The number of thiazole rings is 1. The van der Waals surface area contributed by atoms with Gasteiger partial charge in [0, 0.05) is 23.0 Å². The van der Waals surface area contributed by atoms with Gasteiger partial charge >= 0.3 is 0 Å². The molecule has 0 spiro atoms. The van der Waals surface area contributed by atoms with Crippen molar-refractivity contribution in [2.24, 2.45) is 0 Å². The first-order chi connectivity index (χ1) is 9.22. The second kappa shape index (κ2) is 4.95. The van der Waals surface area contributed by atoms with Crippen LogP contribution in [0.3, 0.4) is 0 Å². The van der Waals surface area contributed by atoms with E-state index in [-0.39, 0.29) is 5.95 Å². The zero-order valence-corrected chi connectivity index (χ0v) is 11.3. The van der Waals surface area contributed by atoms with Gasteiger partial charge < -0.3 is 5.73 Å². The maximum absolute atomic E-state index is 5.87. The largest absolute Gasteiger partial charge is 0.368 e. The molecule has 4 nitrogen and oxygen atoms in total. The molecule has 6 heteroatoms. The first kappa shape index (κ1) is 12.1. The molecule has 19 heavy (non-hydrogen) atoms. The molecule has 0 aliphatic heterocycles. The van der Waals surface area contributed by atoms with E-state index in [1.54, 1.807) is 23.7 Å². The number of rotatable bonds is 2. The highest BCUT2D eigenvalue weighted by Crippen LogP contribution is 2.31. The summed E-state index contributed by atoms with van der Waals surface area (Å²) in [6.07, 6.45) is 3.43. The minimum Gasteiger partial charge on any atom is -0.368 e. The van der Waals surface area contributed by atoms with Crippen LogP contribution in [0.25, 0.3) is 21.1 Å². The Morgan fingerprint density at radius 3 is 2.58 bits per heavy atom. The summed E-state index contributed by atoms with van der Waals surface area (Å²) in [6.45, 7) is 0. The van der Waals surface area contributed by atoms with Crippen LogP contribution in [-0.2, 0) is 0 Å². The predicted molar refractivity (Wildman–Crippen MR) is 78.0 cm³/mol. The fourth-order valence-corrected chi connectivity index (χ4v) is 2.65. The first-order valence-electron chi connectivity index (χ1n) is 5.53.